The van der Waals surface area contributed by atoms with Crippen molar-refractivity contribution in [3.63, 3.8) is 0 Å². The van der Waals surface area contributed by atoms with Crippen molar-refractivity contribution in [3.05, 3.63) is 35.9 Å². The van der Waals surface area contributed by atoms with E-state index in [9.17, 15) is 14.4 Å². The topological polar surface area (TPSA) is 83.5 Å². The molecule has 6 heteroatoms. The summed E-state index contributed by atoms with van der Waals surface area (Å²) >= 11 is 4.26. The van der Waals surface area contributed by atoms with Crippen LogP contribution in [0.25, 0.3) is 0 Å². The second-order valence-corrected chi connectivity index (χ2v) is 5.40. The maximum Gasteiger partial charge on any atom is 0.322 e. The molecule has 0 radical (unpaired) electrons. The molecule has 0 aliphatic rings. The van der Waals surface area contributed by atoms with Crippen LogP contribution >= 0.6 is 12.6 Å². The van der Waals surface area contributed by atoms with Gasteiger partial charge in [0.2, 0.25) is 5.91 Å². The molecule has 1 unspecified atom stereocenters. The van der Waals surface area contributed by atoms with E-state index in [-0.39, 0.29) is 0 Å². The number of Topliss-reactive ketones (excluding diaryl/α,β-unsaturated/α-hetero) is 1. The zero-order valence-electron chi connectivity index (χ0n) is 11.3. The highest BCUT2D eigenvalue weighted by Crippen LogP contribution is 2.29. The zero-order valence-corrected chi connectivity index (χ0v) is 12.2. The molecule has 0 aliphatic carbocycles. The van der Waals surface area contributed by atoms with Crippen LogP contribution in [-0.4, -0.2) is 34.1 Å². The van der Waals surface area contributed by atoms with Gasteiger partial charge in [-0.2, -0.15) is 12.6 Å². The van der Waals surface area contributed by atoms with Gasteiger partial charge >= 0.3 is 5.97 Å². The van der Waals surface area contributed by atoms with Gasteiger partial charge in [-0.05, 0) is 5.92 Å². The minimum absolute atomic E-state index is 0.363. The number of carbonyl (C=O) groups is 3. The quantitative estimate of drug-likeness (QED) is 0.421. The Morgan fingerprint density at radius 2 is 1.80 bits per heavy atom. The third-order valence-corrected chi connectivity index (χ3v) is 3.89. The molecule has 1 aromatic rings. The van der Waals surface area contributed by atoms with E-state index in [0.29, 0.717) is 5.56 Å². The SMILES string of the molecule is CC(C)C(S)(C(=O)NCC(=O)O)C(=O)c1ccccc1. The summed E-state index contributed by atoms with van der Waals surface area (Å²) in [6.45, 7) is 2.83. The molecule has 108 valence electrons. The highest BCUT2D eigenvalue weighted by atomic mass is 32.1. The smallest absolute Gasteiger partial charge is 0.322 e. The Balaban J connectivity index is 3.06. The van der Waals surface area contributed by atoms with E-state index >= 15 is 0 Å². The first-order chi connectivity index (χ1) is 9.30. The summed E-state index contributed by atoms with van der Waals surface area (Å²) in [6, 6.07) is 8.34. The average Bonchev–Trinajstić information content (AvgIpc) is 2.43. The van der Waals surface area contributed by atoms with Crippen LogP contribution in [0.2, 0.25) is 0 Å². The summed E-state index contributed by atoms with van der Waals surface area (Å²) in [4.78, 5) is 35.2. The largest absolute Gasteiger partial charge is 0.480 e. The Morgan fingerprint density at radius 1 is 1.25 bits per heavy atom. The van der Waals surface area contributed by atoms with E-state index in [1.54, 1.807) is 44.2 Å². The molecule has 2 N–H and O–H groups in total. The summed E-state index contributed by atoms with van der Waals surface area (Å²) in [5.41, 5.74) is 0.363. The predicted octanol–water partition coefficient (Wildman–Crippen LogP) is 1.39. The fourth-order valence-corrected chi connectivity index (χ4v) is 1.94. The van der Waals surface area contributed by atoms with Crippen molar-refractivity contribution in [2.24, 2.45) is 5.92 Å². The number of carboxylic acid groups (broad SMARTS) is 1. The van der Waals surface area contributed by atoms with Gasteiger partial charge in [0.05, 0.1) is 0 Å². The first-order valence-electron chi connectivity index (χ1n) is 6.12. The highest BCUT2D eigenvalue weighted by Gasteiger charge is 2.45. The molecule has 1 atom stereocenters. The van der Waals surface area contributed by atoms with Gasteiger partial charge in [-0.25, -0.2) is 0 Å². The molecule has 0 fully saturated rings. The lowest BCUT2D eigenvalue weighted by atomic mass is 9.86. The maximum atomic E-state index is 12.5. The zero-order chi connectivity index (χ0) is 15.3. The number of carbonyl (C=O) groups excluding carboxylic acids is 2. The summed E-state index contributed by atoms with van der Waals surface area (Å²) in [6.07, 6.45) is 0. The van der Waals surface area contributed by atoms with Crippen molar-refractivity contribution in [1.82, 2.24) is 5.32 Å². The van der Waals surface area contributed by atoms with E-state index in [0.717, 1.165) is 0 Å². The Hall–Kier alpha value is -1.82. The van der Waals surface area contributed by atoms with Crippen LogP contribution in [0.5, 0.6) is 0 Å². The normalized spacial score (nSPS) is 13.6. The predicted molar refractivity (Wildman–Crippen MR) is 78.0 cm³/mol. The van der Waals surface area contributed by atoms with E-state index < -0.39 is 34.9 Å². The van der Waals surface area contributed by atoms with Gasteiger partial charge in [0.15, 0.2) is 10.5 Å². The highest BCUT2D eigenvalue weighted by molar-refractivity contribution is 7.83. The third kappa shape index (κ3) is 3.39. The fraction of sp³-hybridized carbons (Fsp3) is 0.357. The van der Waals surface area contributed by atoms with Gasteiger partial charge in [-0.15, -0.1) is 0 Å². The van der Waals surface area contributed by atoms with E-state index in [1.165, 1.54) is 0 Å². The van der Waals surface area contributed by atoms with Crippen molar-refractivity contribution >= 4 is 30.3 Å². The second kappa shape index (κ2) is 6.56. The van der Waals surface area contributed by atoms with Crippen LogP contribution in [-0.2, 0) is 9.59 Å². The summed E-state index contributed by atoms with van der Waals surface area (Å²) in [7, 11) is 0. The first-order valence-corrected chi connectivity index (χ1v) is 6.57. The van der Waals surface area contributed by atoms with Gasteiger partial charge in [0, 0.05) is 5.56 Å². The van der Waals surface area contributed by atoms with Crippen molar-refractivity contribution in [2.45, 2.75) is 18.6 Å². The molecule has 0 bridgehead atoms. The molecular weight excluding hydrogens is 278 g/mol. The Labute approximate surface area is 122 Å². The summed E-state index contributed by atoms with van der Waals surface area (Å²) < 4.78 is -1.60. The lowest BCUT2D eigenvalue weighted by Crippen LogP contribution is -2.53. The van der Waals surface area contributed by atoms with Gasteiger partial charge in [0.1, 0.15) is 6.54 Å². The lowest BCUT2D eigenvalue weighted by molar-refractivity contribution is -0.138. The number of hydrogen-bond acceptors (Lipinski definition) is 4. The minimum atomic E-state index is -1.60. The molecule has 0 saturated carbocycles. The number of thiol groups is 1. The fourth-order valence-electron chi connectivity index (χ4n) is 1.73. The summed E-state index contributed by atoms with van der Waals surface area (Å²) in [5, 5.41) is 10.8. The Kier molecular flexibility index (Phi) is 5.33. The summed E-state index contributed by atoms with van der Waals surface area (Å²) in [5.74, 6) is -2.72. The van der Waals surface area contributed by atoms with Gasteiger partial charge in [0.25, 0.3) is 0 Å². The second-order valence-electron chi connectivity index (χ2n) is 4.69. The number of rotatable bonds is 6. The molecule has 0 aromatic heterocycles. The standard InChI is InChI=1S/C14H17NO4S/c1-9(2)14(20,13(19)15-8-11(16)17)12(18)10-6-4-3-5-7-10/h3-7,9,20H,8H2,1-2H3,(H,15,19)(H,16,17). The third-order valence-electron chi connectivity index (χ3n) is 2.96. The van der Waals surface area contributed by atoms with Gasteiger partial charge < -0.3 is 10.4 Å². The number of amides is 1. The van der Waals surface area contributed by atoms with E-state index in [2.05, 4.69) is 17.9 Å². The number of hydrogen-bond donors (Lipinski definition) is 3. The molecule has 1 aromatic carbocycles. The molecule has 5 nitrogen and oxygen atoms in total. The number of benzene rings is 1. The van der Waals surface area contributed by atoms with Gasteiger partial charge in [-0.3, -0.25) is 14.4 Å². The van der Waals surface area contributed by atoms with Crippen molar-refractivity contribution in [1.29, 1.82) is 0 Å². The van der Waals surface area contributed by atoms with Crippen molar-refractivity contribution in [3.8, 4) is 0 Å². The van der Waals surface area contributed by atoms with Crippen LogP contribution < -0.4 is 5.32 Å². The minimum Gasteiger partial charge on any atom is -0.480 e. The number of ketones is 1. The molecule has 1 rings (SSSR count). The lowest BCUT2D eigenvalue weighted by Gasteiger charge is -2.29. The first kappa shape index (κ1) is 16.2. The average molecular weight is 295 g/mol. The van der Waals surface area contributed by atoms with Crippen LogP contribution in [0, 0.1) is 5.92 Å². The van der Waals surface area contributed by atoms with E-state index in [1.807, 2.05) is 0 Å². The molecule has 0 aliphatic heterocycles. The van der Waals surface area contributed by atoms with Crippen LogP contribution in [0.3, 0.4) is 0 Å². The van der Waals surface area contributed by atoms with Crippen molar-refractivity contribution in [2.75, 3.05) is 6.54 Å². The Morgan fingerprint density at radius 3 is 2.25 bits per heavy atom. The molecule has 0 heterocycles. The Bertz CT molecular complexity index is 515. The van der Waals surface area contributed by atoms with Crippen LogP contribution in [0.4, 0.5) is 0 Å². The maximum absolute atomic E-state index is 12.5. The number of aliphatic carboxylic acids is 1. The molecule has 1 amide bonds. The molecule has 0 spiro atoms. The number of carboxylic acids is 1. The van der Waals surface area contributed by atoms with Crippen molar-refractivity contribution < 1.29 is 19.5 Å². The van der Waals surface area contributed by atoms with Gasteiger partial charge in [-0.1, -0.05) is 44.2 Å². The monoisotopic (exact) mass is 295 g/mol. The number of nitrogens with one attached hydrogen (secondary N) is 1. The molecular formula is C14H17NO4S. The van der Waals surface area contributed by atoms with Crippen LogP contribution in [0.15, 0.2) is 30.3 Å². The van der Waals surface area contributed by atoms with E-state index in [4.69, 9.17) is 5.11 Å². The molecule has 0 saturated heterocycles. The van der Waals surface area contributed by atoms with Crippen LogP contribution in [0.1, 0.15) is 24.2 Å². The molecule has 20 heavy (non-hydrogen) atoms.